The number of aliphatic imine (C=N–C) groups is 1. The number of nitrogens with one attached hydrogen (secondary N) is 1. The van der Waals surface area contributed by atoms with Gasteiger partial charge in [0.15, 0.2) is 0 Å². The summed E-state index contributed by atoms with van der Waals surface area (Å²) in [6.45, 7) is 0. The molecule has 0 aromatic heterocycles. The van der Waals surface area contributed by atoms with Crippen molar-refractivity contribution in [2.24, 2.45) is 4.99 Å². The van der Waals surface area contributed by atoms with Crippen LogP contribution in [0.3, 0.4) is 0 Å². The number of nitrogens with zero attached hydrogens (tertiary/aromatic N) is 1. The molecular weight excluding hydrogens is 681 g/mol. The third-order valence-corrected chi connectivity index (χ3v) is 11.1. The first-order valence-electron chi connectivity index (χ1n) is 18.9. The number of para-hydroxylation sites is 2. The van der Waals surface area contributed by atoms with Crippen LogP contribution < -0.4 is 4.74 Å². The highest BCUT2D eigenvalue weighted by Crippen LogP contribution is 2.62. The van der Waals surface area contributed by atoms with Crippen LogP contribution in [-0.2, 0) is 5.41 Å². The van der Waals surface area contributed by atoms with E-state index in [0.29, 0.717) is 5.71 Å². The second-order valence-electron chi connectivity index (χ2n) is 14.3. The van der Waals surface area contributed by atoms with Gasteiger partial charge in [-0.25, -0.2) is 0 Å². The summed E-state index contributed by atoms with van der Waals surface area (Å²) in [5.74, 6) is 1.79. The third-order valence-electron chi connectivity index (χ3n) is 11.1. The zero-order valence-corrected chi connectivity index (χ0v) is 30.6. The number of benzene rings is 8. The van der Waals surface area contributed by atoms with Crippen LogP contribution in [0.2, 0.25) is 0 Å². The molecule has 1 aliphatic carbocycles. The maximum absolute atomic E-state index is 8.77. The Bertz CT molecular complexity index is 2810. The highest BCUT2D eigenvalue weighted by Gasteiger charge is 2.51. The quantitative estimate of drug-likeness (QED) is 0.164. The van der Waals surface area contributed by atoms with Crippen molar-refractivity contribution in [3.63, 3.8) is 0 Å². The van der Waals surface area contributed by atoms with Crippen LogP contribution in [0.25, 0.3) is 39.1 Å². The fourth-order valence-electron chi connectivity index (χ4n) is 8.50. The van der Waals surface area contributed by atoms with E-state index in [2.05, 4.69) is 140 Å². The molecule has 10 rings (SSSR count). The van der Waals surface area contributed by atoms with Gasteiger partial charge in [-0.05, 0) is 92.0 Å². The first-order valence-corrected chi connectivity index (χ1v) is 18.9. The lowest BCUT2D eigenvalue weighted by atomic mass is 9.66. The van der Waals surface area contributed by atoms with E-state index in [0.717, 1.165) is 67.3 Å². The average molecular weight is 717 g/mol. The Morgan fingerprint density at radius 2 is 0.982 bits per heavy atom. The molecule has 2 aliphatic rings. The Morgan fingerprint density at radius 1 is 0.446 bits per heavy atom. The molecule has 264 valence electrons. The van der Waals surface area contributed by atoms with Crippen molar-refractivity contribution < 1.29 is 4.74 Å². The van der Waals surface area contributed by atoms with Crippen molar-refractivity contribution in [3.05, 3.63) is 245 Å². The predicted octanol–water partition coefficient (Wildman–Crippen LogP) is 13.0. The molecule has 56 heavy (non-hydrogen) atoms. The molecule has 1 N–H and O–H groups in total. The largest absolute Gasteiger partial charge is 0.457 e. The highest BCUT2D eigenvalue weighted by atomic mass is 16.5. The summed E-state index contributed by atoms with van der Waals surface area (Å²) in [6, 6.07) is 69.9. The highest BCUT2D eigenvalue weighted by molar-refractivity contribution is 6.10. The SMILES string of the molecule is N=C(/C=C(\N=Cc1cccc(-c2cccc(-c3ccc4c(c3)C3(c5ccccc5Oc5ccccc53)c3ccccc3-4)c2)c1)c1ccccc1)c1ccccc1. The van der Waals surface area contributed by atoms with Gasteiger partial charge in [-0.3, -0.25) is 4.99 Å². The van der Waals surface area contributed by atoms with Crippen molar-refractivity contribution in [2.75, 3.05) is 0 Å². The molecule has 0 unspecified atom stereocenters. The van der Waals surface area contributed by atoms with Gasteiger partial charge in [-0.1, -0.05) is 170 Å². The summed E-state index contributed by atoms with van der Waals surface area (Å²) in [4.78, 5) is 4.94. The molecule has 1 spiro atoms. The van der Waals surface area contributed by atoms with Crippen molar-refractivity contribution >= 4 is 17.6 Å². The molecular formula is C53H36N2O. The monoisotopic (exact) mass is 716 g/mol. The fraction of sp³-hybridized carbons (Fsp3) is 0.0189. The minimum absolute atomic E-state index is 0.416. The first-order chi connectivity index (χ1) is 27.7. The number of hydrogen-bond donors (Lipinski definition) is 1. The molecule has 0 bridgehead atoms. The molecule has 0 amide bonds. The summed E-state index contributed by atoms with van der Waals surface area (Å²) in [7, 11) is 0. The summed E-state index contributed by atoms with van der Waals surface area (Å²) in [6.07, 6.45) is 3.73. The van der Waals surface area contributed by atoms with E-state index in [1.807, 2.05) is 73.0 Å². The smallest absolute Gasteiger partial charge is 0.132 e. The maximum Gasteiger partial charge on any atom is 0.132 e. The van der Waals surface area contributed by atoms with Gasteiger partial charge < -0.3 is 10.1 Å². The topological polar surface area (TPSA) is 45.4 Å². The lowest BCUT2D eigenvalue weighted by Crippen LogP contribution is -2.32. The maximum atomic E-state index is 8.77. The summed E-state index contributed by atoms with van der Waals surface area (Å²) in [5.41, 5.74) is 15.4. The third kappa shape index (κ3) is 5.61. The zero-order valence-electron chi connectivity index (χ0n) is 30.6. The van der Waals surface area contributed by atoms with Crippen LogP contribution >= 0.6 is 0 Å². The molecule has 0 saturated heterocycles. The Labute approximate surface area is 327 Å². The molecule has 3 nitrogen and oxygen atoms in total. The zero-order chi connectivity index (χ0) is 37.5. The Morgan fingerprint density at radius 3 is 1.68 bits per heavy atom. The average Bonchev–Trinajstić information content (AvgIpc) is 3.56. The van der Waals surface area contributed by atoms with Gasteiger partial charge in [0.05, 0.1) is 16.8 Å². The molecule has 8 aromatic carbocycles. The molecule has 0 saturated carbocycles. The van der Waals surface area contributed by atoms with Crippen LogP contribution in [-0.4, -0.2) is 11.9 Å². The van der Waals surface area contributed by atoms with E-state index in [1.165, 1.54) is 22.3 Å². The van der Waals surface area contributed by atoms with Crippen molar-refractivity contribution in [2.45, 2.75) is 5.41 Å². The molecule has 1 aliphatic heterocycles. The molecule has 8 aromatic rings. The summed E-state index contributed by atoms with van der Waals surface area (Å²) >= 11 is 0. The molecule has 0 fully saturated rings. The van der Waals surface area contributed by atoms with Gasteiger partial charge in [0.1, 0.15) is 11.5 Å². The standard InChI is InChI=1S/C53H36N2O/c54-49(37-16-3-1-4-17-37)34-50(38-18-5-2-6-19-38)55-35-36-15-13-20-39(31-36)40-21-14-22-41(32-40)42-29-30-44-43-23-7-8-24-45(43)53(48(44)33-42)46-25-9-11-27-51(46)56-52-28-12-10-26-47(52)53/h1-35,54H/b50-34-,54-49?,55-35?. The number of ether oxygens (including phenoxy) is 1. The summed E-state index contributed by atoms with van der Waals surface area (Å²) in [5, 5.41) is 8.77. The van der Waals surface area contributed by atoms with Gasteiger partial charge in [0, 0.05) is 22.9 Å². The molecule has 1 heterocycles. The number of fused-ring (bicyclic) bond motifs is 9. The van der Waals surface area contributed by atoms with E-state index in [9.17, 15) is 0 Å². The predicted molar refractivity (Wildman–Crippen MR) is 230 cm³/mol. The van der Waals surface area contributed by atoms with Gasteiger partial charge in [0.25, 0.3) is 0 Å². The van der Waals surface area contributed by atoms with Gasteiger partial charge in [0.2, 0.25) is 0 Å². The van der Waals surface area contributed by atoms with E-state index in [1.54, 1.807) is 0 Å². The first kappa shape index (κ1) is 33.2. The molecule has 3 heteroatoms. The van der Waals surface area contributed by atoms with E-state index in [-0.39, 0.29) is 0 Å². The number of hydrogen-bond acceptors (Lipinski definition) is 3. The second-order valence-corrected chi connectivity index (χ2v) is 14.3. The van der Waals surface area contributed by atoms with E-state index < -0.39 is 5.41 Å². The van der Waals surface area contributed by atoms with Gasteiger partial charge in [-0.15, -0.1) is 0 Å². The van der Waals surface area contributed by atoms with Gasteiger partial charge >= 0.3 is 0 Å². The summed E-state index contributed by atoms with van der Waals surface area (Å²) < 4.78 is 6.55. The van der Waals surface area contributed by atoms with Crippen molar-refractivity contribution in [1.29, 1.82) is 5.41 Å². The normalized spacial score (nSPS) is 13.4. The van der Waals surface area contributed by atoms with E-state index in [4.69, 9.17) is 15.1 Å². The second kappa shape index (κ2) is 13.8. The Hall–Kier alpha value is -7.36. The molecule has 0 radical (unpaired) electrons. The van der Waals surface area contributed by atoms with Crippen molar-refractivity contribution in [1.82, 2.24) is 0 Å². The van der Waals surface area contributed by atoms with Crippen LogP contribution in [0.15, 0.2) is 211 Å². The van der Waals surface area contributed by atoms with Crippen LogP contribution in [0.1, 0.15) is 38.9 Å². The number of allylic oxidation sites excluding steroid dienone is 1. The Balaban J connectivity index is 1.03. The van der Waals surface area contributed by atoms with E-state index >= 15 is 0 Å². The minimum Gasteiger partial charge on any atom is -0.457 e. The number of rotatable bonds is 7. The lowest BCUT2D eigenvalue weighted by molar-refractivity contribution is 0.436. The lowest BCUT2D eigenvalue weighted by Gasteiger charge is -2.39. The van der Waals surface area contributed by atoms with Crippen molar-refractivity contribution in [3.8, 4) is 44.9 Å². The minimum atomic E-state index is -0.509. The Kier molecular flexibility index (Phi) is 8.19. The fourth-order valence-corrected chi connectivity index (χ4v) is 8.50. The molecule has 0 atom stereocenters. The van der Waals surface area contributed by atoms with Crippen LogP contribution in [0.5, 0.6) is 11.5 Å². The van der Waals surface area contributed by atoms with Crippen LogP contribution in [0.4, 0.5) is 0 Å². The van der Waals surface area contributed by atoms with Crippen LogP contribution in [0, 0.1) is 5.41 Å². The van der Waals surface area contributed by atoms with Gasteiger partial charge in [-0.2, -0.15) is 0 Å².